The molecule has 0 aromatic carbocycles. The van der Waals surface area contributed by atoms with Crippen molar-refractivity contribution in [2.24, 2.45) is 0 Å². The second-order valence-corrected chi connectivity index (χ2v) is 5.19. The van der Waals surface area contributed by atoms with E-state index < -0.39 is 0 Å². The zero-order chi connectivity index (χ0) is 13.9. The number of methoxy groups -OCH3 is 1. The molecule has 0 unspecified atom stereocenters. The maximum Gasteiger partial charge on any atom is 0.145 e. The molecule has 0 spiro atoms. The summed E-state index contributed by atoms with van der Waals surface area (Å²) in [7, 11) is 1.63. The predicted molar refractivity (Wildman–Crippen MR) is 80.5 cm³/mol. The third-order valence-electron chi connectivity index (χ3n) is 3.54. The highest BCUT2D eigenvalue weighted by atomic mass is 35.5. The molecule has 3 heterocycles. The Morgan fingerprint density at radius 2 is 1.95 bits per heavy atom. The Hall–Kier alpha value is -1.81. The molecule has 0 radical (unpaired) electrons. The first-order valence-electron chi connectivity index (χ1n) is 6.69. The van der Waals surface area contributed by atoms with Crippen molar-refractivity contribution in [2.45, 2.75) is 12.8 Å². The number of nitrogens with zero attached hydrogens (tertiary/aromatic N) is 3. The van der Waals surface area contributed by atoms with Gasteiger partial charge in [-0.25, -0.2) is 9.97 Å². The van der Waals surface area contributed by atoms with Crippen LogP contribution in [0.15, 0.2) is 30.6 Å². The molecule has 0 amide bonds. The van der Waals surface area contributed by atoms with Gasteiger partial charge in [-0.15, -0.1) is 0 Å². The summed E-state index contributed by atoms with van der Waals surface area (Å²) in [6.45, 7) is 2.19. The van der Waals surface area contributed by atoms with Gasteiger partial charge in [-0.1, -0.05) is 11.6 Å². The molecular weight excluding hydrogens is 274 g/mol. The molecule has 3 rings (SSSR count). The van der Waals surface area contributed by atoms with E-state index in [9.17, 15) is 0 Å². The number of halogens is 1. The van der Waals surface area contributed by atoms with Crippen molar-refractivity contribution in [1.29, 1.82) is 0 Å². The molecule has 0 aliphatic carbocycles. The highest BCUT2D eigenvalue weighted by molar-refractivity contribution is 6.29. The molecule has 0 atom stereocenters. The lowest BCUT2D eigenvalue weighted by molar-refractivity contribution is 0.414. The number of hydrogen-bond donors (Lipinski definition) is 0. The minimum absolute atomic E-state index is 0.449. The Bertz CT molecular complexity index is 595. The first-order valence-corrected chi connectivity index (χ1v) is 7.06. The lowest BCUT2D eigenvalue weighted by Gasteiger charge is -2.16. The van der Waals surface area contributed by atoms with Crippen LogP contribution in [0.5, 0.6) is 5.75 Å². The first-order chi connectivity index (χ1) is 9.78. The number of rotatable bonds is 3. The molecule has 0 saturated carbocycles. The van der Waals surface area contributed by atoms with E-state index in [0.717, 1.165) is 30.0 Å². The highest BCUT2D eigenvalue weighted by Crippen LogP contribution is 2.31. The van der Waals surface area contributed by atoms with E-state index in [2.05, 4.69) is 27.0 Å². The average molecular weight is 290 g/mol. The molecule has 4 nitrogen and oxygen atoms in total. The molecule has 1 aliphatic heterocycles. The lowest BCUT2D eigenvalue weighted by Crippen LogP contribution is -2.18. The van der Waals surface area contributed by atoms with Crippen LogP contribution >= 0.6 is 11.6 Å². The predicted octanol–water partition coefficient (Wildman–Crippen LogP) is 3.41. The molecule has 1 aliphatic rings. The van der Waals surface area contributed by atoms with Crippen molar-refractivity contribution in [3.8, 4) is 16.9 Å². The normalized spacial score (nSPS) is 14.6. The van der Waals surface area contributed by atoms with Gasteiger partial charge in [0.05, 0.1) is 13.3 Å². The fourth-order valence-corrected chi connectivity index (χ4v) is 2.64. The summed E-state index contributed by atoms with van der Waals surface area (Å²) in [6, 6.07) is 5.90. The molecule has 1 saturated heterocycles. The van der Waals surface area contributed by atoms with Crippen molar-refractivity contribution in [1.82, 2.24) is 9.97 Å². The lowest BCUT2D eigenvalue weighted by atomic mass is 10.1. The Kier molecular flexibility index (Phi) is 3.74. The highest BCUT2D eigenvalue weighted by Gasteiger charge is 2.14. The number of hydrogen-bond acceptors (Lipinski definition) is 4. The summed E-state index contributed by atoms with van der Waals surface area (Å²) in [4.78, 5) is 10.9. The summed E-state index contributed by atoms with van der Waals surface area (Å²) in [5.41, 5.74) is 1.89. The van der Waals surface area contributed by atoms with Gasteiger partial charge in [0.2, 0.25) is 0 Å². The van der Waals surface area contributed by atoms with Crippen LogP contribution in [-0.4, -0.2) is 30.2 Å². The van der Waals surface area contributed by atoms with E-state index >= 15 is 0 Å². The average Bonchev–Trinajstić information content (AvgIpc) is 3.02. The van der Waals surface area contributed by atoms with Crippen LogP contribution in [0, 0.1) is 0 Å². The molecule has 20 heavy (non-hydrogen) atoms. The van der Waals surface area contributed by atoms with E-state index in [4.69, 9.17) is 16.3 Å². The molecule has 1 fully saturated rings. The zero-order valence-electron chi connectivity index (χ0n) is 11.3. The third-order valence-corrected chi connectivity index (χ3v) is 3.75. The second kappa shape index (κ2) is 5.67. The van der Waals surface area contributed by atoms with E-state index in [-0.39, 0.29) is 0 Å². The molecule has 2 aromatic rings. The Labute approximate surface area is 123 Å². The first kappa shape index (κ1) is 13.2. The maximum atomic E-state index is 5.96. The maximum absolute atomic E-state index is 5.96. The van der Waals surface area contributed by atoms with Crippen molar-refractivity contribution in [2.75, 3.05) is 25.1 Å². The minimum Gasteiger partial charge on any atom is -0.494 e. The second-order valence-electron chi connectivity index (χ2n) is 4.81. The minimum atomic E-state index is 0.449. The van der Waals surface area contributed by atoms with Gasteiger partial charge in [0.15, 0.2) is 0 Å². The Morgan fingerprint density at radius 3 is 2.60 bits per heavy atom. The number of anilines is 1. The summed E-state index contributed by atoms with van der Waals surface area (Å²) in [6.07, 6.45) is 5.99. The van der Waals surface area contributed by atoms with Gasteiger partial charge in [0, 0.05) is 30.4 Å². The Balaban J connectivity index is 1.92. The third kappa shape index (κ3) is 2.56. The van der Waals surface area contributed by atoms with Crippen LogP contribution in [0.3, 0.4) is 0 Å². The van der Waals surface area contributed by atoms with Gasteiger partial charge in [0.1, 0.15) is 16.7 Å². The van der Waals surface area contributed by atoms with Gasteiger partial charge >= 0.3 is 0 Å². The van der Waals surface area contributed by atoms with Crippen LogP contribution in [0.25, 0.3) is 11.1 Å². The summed E-state index contributed by atoms with van der Waals surface area (Å²) >= 11 is 5.96. The van der Waals surface area contributed by atoms with Crippen LogP contribution < -0.4 is 9.64 Å². The standard InChI is InChI=1S/C15H16ClN3O/c1-20-13-10-17-14(16)8-12(13)11-4-5-15(18-9-11)19-6-2-3-7-19/h4-5,8-10H,2-3,6-7H2,1H3. The fourth-order valence-electron chi connectivity index (χ4n) is 2.48. The van der Waals surface area contributed by atoms with E-state index in [1.54, 1.807) is 19.4 Å². The van der Waals surface area contributed by atoms with Gasteiger partial charge in [-0.3, -0.25) is 0 Å². The molecule has 5 heteroatoms. The van der Waals surface area contributed by atoms with E-state index in [0.29, 0.717) is 10.9 Å². The van der Waals surface area contributed by atoms with Crippen molar-refractivity contribution in [3.05, 3.63) is 35.7 Å². The fraction of sp³-hybridized carbons (Fsp3) is 0.333. The number of pyridine rings is 2. The van der Waals surface area contributed by atoms with Crippen LogP contribution in [-0.2, 0) is 0 Å². The van der Waals surface area contributed by atoms with Crippen molar-refractivity contribution < 1.29 is 4.74 Å². The molecular formula is C15H16ClN3O. The van der Waals surface area contributed by atoms with Crippen LogP contribution in [0.2, 0.25) is 5.15 Å². The summed E-state index contributed by atoms with van der Waals surface area (Å²) < 4.78 is 5.33. The van der Waals surface area contributed by atoms with Gasteiger partial charge in [-0.2, -0.15) is 0 Å². The molecule has 104 valence electrons. The van der Waals surface area contributed by atoms with Gasteiger partial charge < -0.3 is 9.64 Å². The monoisotopic (exact) mass is 289 g/mol. The number of ether oxygens (including phenoxy) is 1. The quantitative estimate of drug-likeness (QED) is 0.812. The van der Waals surface area contributed by atoms with E-state index in [1.807, 2.05) is 6.20 Å². The summed E-state index contributed by atoms with van der Waals surface area (Å²) in [5, 5.41) is 0.449. The van der Waals surface area contributed by atoms with E-state index in [1.165, 1.54) is 12.8 Å². The molecule has 0 N–H and O–H groups in total. The smallest absolute Gasteiger partial charge is 0.145 e. The summed E-state index contributed by atoms with van der Waals surface area (Å²) in [5.74, 6) is 1.73. The van der Waals surface area contributed by atoms with Gasteiger partial charge in [0.25, 0.3) is 0 Å². The van der Waals surface area contributed by atoms with Crippen molar-refractivity contribution in [3.63, 3.8) is 0 Å². The van der Waals surface area contributed by atoms with Gasteiger partial charge in [-0.05, 0) is 31.0 Å². The molecule has 2 aromatic heterocycles. The largest absolute Gasteiger partial charge is 0.494 e. The van der Waals surface area contributed by atoms with Crippen molar-refractivity contribution >= 4 is 17.4 Å². The zero-order valence-corrected chi connectivity index (χ0v) is 12.1. The topological polar surface area (TPSA) is 38.2 Å². The SMILES string of the molecule is COc1cnc(Cl)cc1-c1ccc(N2CCCC2)nc1. The van der Waals surface area contributed by atoms with Crippen LogP contribution in [0.1, 0.15) is 12.8 Å². The van der Waals surface area contributed by atoms with Crippen LogP contribution in [0.4, 0.5) is 5.82 Å². The Morgan fingerprint density at radius 1 is 1.15 bits per heavy atom. The number of aromatic nitrogens is 2. The molecule has 0 bridgehead atoms.